The number of aryl methyl sites for hydroxylation is 1. The van der Waals surface area contributed by atoms with E-state index in [9.17, 15) is 8.42 Å². The van der Waals surface area contributed by atoms with Crippen molar-refractivity contribution >= 4 is 16.4 Å². The molecule has 1 aromatic rings. The number of methoxy groups -OCH3 is 1. The van der Waals surface area contributed by atoms with Gasteiger partial charge in [-0.05, 0) is 18.6 Å². The third-order valence-corrected chi connectivity index (χ3v) is 2.62. The van der Waals surface area contributed by atoms with Crippen LogP contribution in [0.2, 0.25) is 0 Å². The molecular formula is C8H11NO3S. The third-order valence-electron chi connectivity index (χ3n) is 1.74. The molecule has 0 fully saturated rings. The van der Waals surface area contributed by atoms with Gasteiger partial charge in [0, 0.05) is 6.07 Å². The van der Waals surface area contributed by atoms with E-state index < -0.39 is 10.7 Å². The second-order valence-electron chi connectivity index (χ2n) is 2.64. The summed E-state index contributed by atoms with van der Waals surface area (Å²) < 4.78 is 26.4. The van der Waals surface area contributed by atoms with Crippen molar-refractivity contribution in [1.29, 1.82) is 0 Å². The van der Waals surface area contributed by atoms with E-state index in [1.165, 1.54) is 13.2 Å². The molecular weight excluding hydrogens is 190 g/mol. The molecule has 5 heteroatoms. The highest BCUT2D eigenvalue weighted by molar-refractivity contribution is 7.72. The molecule has 0 aliphatic carbocycles. The Balaban J connectivity index is 3.39. The van der Waals surface area contributed by atoms with Crippen molar-refractivity contribution < 1.29 is 13.2 Å². The highest BCUT2D eigenvalue weighted by atomic mass is 32.2. The molecule has 1 aromatic carbocycles. The zero-order valence-electron chi connectivity index (χ0n) is 7.40. The van der Waals surface area contributed by atoms with Crippen LogP contribution < -0.4 is 10.5 Å². The van der Waals surface area contributed by atoms with Gasteiger partial charge in [0.2, 0.25) is 0 Å². The molecule has 0 amide bonds. The fourth-order valence-electron chi connectivity index (χ4n) is 1.07. The highest BCUT2D eigenvalue weighted by Crippen LogP contribution is 2.25. The number of hydrogen-bond acceptors (Lipinski definition) is 4. The van der Waals surface area contributed by atoms with Gasteiger partial charge in [0.05, 0.1) is 17.7 Å². The van der Waals surface area contributed by atoms with Crippen molar-refractivity contribution in [3.8, 4) is 5.75 Å². The average molecular weight is 201 g/mol. The summed E-state index contributed by atoms with van der Waals surface area (Å²) in [6.45, 7) is 1.69. The maximum Gasteiger partial charge on any atom is 0.168 e. The Bertz CT molecular complexity index is 391. The lowest BCUT2D eigenvalue weighted by Gasteiger charge is -2.06. The Labute approximate surface area is 78.3 Å². The number of benzene rings is 1. The molecule has 13 heavy (non-hydrogen) atoms. The molecule has 0 saturated carbocycles. The van der Waals surface area contributed by atoms with E-state index in [-0.39, 0.29) is 4.90 Å². The van der Waals surface area contributed by atoms with Crippen LogP contribution >= 0.6 is 0 Å². The van der Waals surface area contributed by atoms with Crippen LogP contribution in [-0.2, 0) is 10.7 Å². The summed E-state index contributed by atoms with van der Waals surface area (Å²) in [7, 11) is -1.14. The van der Waals surface area contributed by atoms with Crippen molar-refractivity contribution in [3.63, 3.8) is 0 Å². The second-order valence-corrected chi connectivity index (χ2v) is 3.63. The first-order chi connectivity index (χ1) is 6.06. The Morgan fingerprint density at radius 1 is 1.38 bits per heavy atom. The number of thiol groups is 1. The summed E-state index contributed by atoms with van der Waals surface area (Å²) in [6.07, 6.45) is 0. The monoisotopic (exact) mass is 201 g/mol. The van der Waals surface area contributed by atoms with E-state index >= 15 is 0 Å². The molecule has 0 heterocycles. The number of rotatable bonds is 2. The number of nitrogens with two attached hydrogens (primary N) is 1. The molecule has 0 saturated heterocycles. The predicted molar refractivity (Wildman–Crippen MR) is 50.7 cm³/mol. The lowest BCUT2D eigenvalue weighted by atomic mass is 10.2. The van der Waals surface area contributed by atoms with Crippen LogP contribution in [0.1, 0.15) is 5.56 Å². The zero-order chi connectivity index (χ0) is 10.0. The Morgan fingerprint density at radius 2 is 2.00 bits per heavy atom. The van der Waals surface area contributed by atoms with Gasteiger partial charge < -0.3 is 10.5 Å². The van der Waals surface area contributed by atoms with Gasteiger partial charge in [-0.3, -0.25) is 0 Å². The van der Waals surface area contributed by atoms with Gasteiger partial charge in [-0.25, -0.2) is 8.42 Å². The van der Waals surface area contributed by atoms with E-state index in [1.807, 2.05) is 0 Å². The molecule has 0 unspecified atom stereocenters. The van der Waals surface area contributed by atoms with Gasteiger partial charge in [-0.2, -0.15) is 0 Å². The molecule has 0 aliphatic rings. The maximum absolute atomic E-state index is 10.7. The minimum absolute atomic E-state index is 0.251. The van der Waals surface area contributed by atoms with Crippen molar-refractivity contribution in [2.45, 2.75) is 11.8 Å². The van der Waals surface area contributed by atoms with Crippen LogP contribution in [0.25, 0.3) is 0 Å². The van der Waals surface area contributed by atoms with Gasteiger partial charge in [0.1, 0.15) is 5.75 Å². The molecule has 1 rings (SSSR count). The minimum atomic E-state index is -2.59. The molecule has 72 valence electrons. The van der Waals surface area contributed by atoms with Gasteiger partial charge in [0.15, 0.2) is 10.7 Å². The smallest absolute Gasteiger partial charge is 0.168 e. The van der Waals surface area contributed by atoms with Gasteiger partial charge in [0.25, 0.3) is 0 Å². The minimum Gasteiger partial charge on any atom is -0.495 e. The van der Waals surface area contributed by atoms with Crippen molar-refractivity contribution in [2.75, 3.05) is 12.8 Å². The summed E-state index contributed by atoms with van der Waals surface area (Å²) in [6, 6.07) is 3.01. The van der Waals surface area contributed by atoms with E-state index in [1.54, 1.807) is 13.0 Å². The van der Waals surface area contributed by atoms with E-state index in [4.69, 9.17) is 10.5 Å². The predicted octanol–water partition coefficient (Wildman–Crippen LogP) is 0.556. The van der Waals surface area contributed by atoms with E-state index in [2.05, 4.69) is 0 Å². The summed E-state index contributed by atoms with van der Waals surface area (Å²) >= 11 is 0. The summed E-state index contributed by atoms with van der Waals surface area (Å²) in [5, 5.41) is 0. The summed E-state index contributed by atoms with van der Waals surface area (Å²) in [4.78, 5) is 0.251. The maximum atomic E-state index is 10.7. The molecule has 0 atom stereocenters. The Hall–Kier alpha value is -1.23. The Morgan fingerprint density at radius 3 is 2.46 bits per heavy atom. The first-order valence-corrected chi connectivity index (χ1v) is 4.82. The SMILES string of the molecule is COc1cc([SH](=O)=O)c(C)cc1N. The largest absolute Gasteiger partial charge is 0.495 e. The van der Waals surface area contributed by atoms with E-state index in [0.29, 0.717) is 17.0 Å². The molecule has 0 aliphatic heterocycles. The van der Waals surface area contributed by atoms with Crippen LogP contribution in [0.3, 0.4) is 0 Å². The van der Waals surface area contributed by atoms with Gasteiger partial charge in [-0.1, -0.05) is 0 Å². The topological polar surface area (TPSA) is 69.4 Å². The number of ether oxygens (including phenoxy) is 1. The second kappa shape index (κ2) is 3.66. The molecule has 0 radical (unpaired) electrons. The third kappa shape index (κ3) is 1.92. The molecule has 2 N–H and O–H groups in total. The number of hydrogen-bond donors (Lipinski definition) is 2. The Kier molecular flexibility index (Phi) is 2.77. The zero-order valence-corrected chi connectivity index (χ0v) is 8.30. The van der Waals surface area contributed by atoms with Crippen molar-refractivity contribution in [1.82, 2.24) is 0 Å². The first-order valence-electron chi connectivity index (χ1n) is 3.64. The van der Waals surface area contributed by atoms with Gasteiger partial charge >= 0.3 is 0 Å². The highest BCUT2D eigenvalue weighted by Gasteiger charge is 2.06. The number of nitrogen functional groups attached to an aromatic ring is 1. The van der Waals surface area contributed by atoms with Crippen LogP contribution in [-0.4, -0.2) is 15.5 Å². The molecule has 0 aromatic heterocycles. The summed E-state index contributed by atoms with van der Waals surface area (Å²) in [5.41, 5.74) is 6.66. The van der Waals surface area contributed by atoms with E-state index in [0.717, 1.165) is 0 Å². The molecule has 0 spiro atoms. The van der Waals surface area contributed by atoms with Crippen LogP contribution in [0.15, 0.2) is 17.0 Å². The lowest BCUT2D eigenvalue weighted by Crippen LogP contribution is -1.96. The average Bonchev–Trinajstić information content (AvgIpc) is 2.03. The van der Waals surface area contributed by atoms with Crippen LogP contribution in [0.4, 0.5) is 5.69 Å². The van der Waals surface area contributed by atoms with Crippen LogP contribution in [0, 0.1) is 6.92 Å². The van der Waals surface area contributed by atoms with Crippen molar-refractivity contribution in [2.24, 2.45) is 0 Å². The fourth-order valence-corrected chi connectivity index (χ4v) is 1.65. The summed E-state index contributed by atoms with van der Waals surface area (Å²) in [5.74, 6) is 0.389. The quantitative estimate of drug-likeness (QED) is 0.541. The first kappa shape index (κ1) is 9.85. The lowest BCUT2D eigenvalue weighted by molar-refractivity contribution is 0.415. The standard InChI is InChI=1S/C8H11NO3S/c1-5-3-6(9)7(12-2)4-8(5)13(10)11/h3-4,13H,9H2,1-2H3. The normalized spacial score (nSPS) is 10.4. The fraction of sp³-hybridized carbons (Fsp3) is 0.250. The van der Waals surface area contributed by atoms with Gasteiger partial charge in [-0.15, -0.1) is 0 Å². The van der Waals surface area contributed by atoms with Crippen molar-refractivity contribution in [3.05, 3.63) is 17.7 Å². The van der Waals surface area contributed by atoms with Crippen LogP contribution in [0.5, 0.6) is 5.75 Å². The molecule has 0 bridgehead atoms. The number of anilines is 1. The molecule has 4 nitrogen and oxygen atoms in total.